The van der Waals surface area contributed by atoms with E-state index in [9.17, 15) is 14.7 Å². The molecule has 5 rings (SSSR count). The molecule has 3 aliphatic rings. The van der Waals surface area contributed by atoms with E-state index in [2.05, 4.69) is 42.6 Å². The smallest absolute Gasteiger partial charge is 0.257 e. The topological polar surface area (TPSA) is 89.0 Å². The van der Waals surface area contributed by atoms with Gasteiger partial charge in [0.2, 0.25) is 5.91 Å². The minimum atomic E-state index is -0.591. The molecule has 1 aliphatic heterocycles. The van der Waals surface area contributed by atoms with Crippen molar-refractivity contribution in [3.8, 4) is 0 Å². The number of carbonyl (C=O) groups is 2. The van der Waals surface area contributed by atoms with Gasteiger partial charge < -0.3 is 14.9 Å². The molecule has 1 aromatic carbocycles. The number of nitrogens with one attached hydrogen (secondary N) is 1. The van der Waals surface area contributed by atoms with E-state index in [4.69, 9.17) is 4.98 Å². The van der Waals surface area contributed by atoms with Crippen LogP contribution in [0, 0.1) is 23.2 Å². The van der Waals surface area contributed by atoms with Crippen molar-refractivity contribution < 1.29 is 14.7 Å². The number of nitrogens with zero attached hydrogens (tertiary/aromatic N) is 4. The van der Waals surface area contributed by atoms with Crippen molar-refractivity contribution in [2.24, 2.45) is 23.2 Å². The average molecular weight is 594 g/mol. The van der Waals surface area contributed by atoms with E-state index in [-0.39, 0.29) is 40.9 Å². The highest BCUT2D eigenvalue weighted by atomic mass is 32.1. The number of carbonyl (C=O) groups excluding carboxylic acids is 2. The van der Waals surface area contributed by atoms with E-state index in [0.717, 1.165) is 57.7 Å². The molecule has 1 saturated carbocycles. The summed E-state index contributed by atoms with van der Waals surface area (Å²) >= 11 is 1.56. The van der Waals surface area contributed by atoms with E-state index in [1.807, 2.05) is 31.2 Å². The normalized spacial score (nSPS) is 28.8. The summed E-state index contributed by atoms with van der Waals surface area (Å²) in [4.78, 5) is 38.8. The third kappa shape index (κ3) is 6.20. The number of hydrogen-bond donors (Lipinski definition) is 2. The fourth-order valence-corrected chi connectivity index (χ4v) is 8.87. The molecular weight excluding hydrogens is 546 g/mol. The SMILES string of the molecule is C=CCN(C)C(=O)C(C)C1CCC2(C)Cc3sc(NC(=O)c4ccc(CN5CCN(C)CC5)cc4)nc3C(C)C2C1O. The second-order valence-electron chi connectivity index (χ2n) is 13.2. The first-order valence-corrected chi connectivity index (χ1v) is 16.2. The van der Waals surface area contributed by atoms with E-state index in [1.54, 1.807) is 29.4 Å². The molecule has 2 fully saturated rings. The van der Waals surface area contributed by atoms with Crippen molar-refractivity contribution >= 4 is 28.3 Å². The van der Waals surface area contributed by atoms with Crippen molar-refractivity contribution in [2.45, 2.75) is 58.6 Å². The Morgan fingerprint density at radius 1 is 1.26 bits per heavy atom. The van der Waals surface area contributed by atoms with Crippen molar-refractivity contribution in [2.75, 3.05) is 52.1 Å². The number of aliphatic hydroxyl groups is 1. The van der Waals surface area contributed by atoms with Crippen molar-refractivity contribution in [3.05, 3.63) is 58.6 Å². The van der Waals surface area contributed by atoms with Crippen LogP contribution in [-0.4, -0.2) is 89.5 Å². The number of thiazole rings is 1. The number of fused-ring (bicyclic) bond motifs is 2. The second kappa shape index (κ2) is 12.6. The molecule has 2 aromatic rings. The third-order valence-electron chi connectivity index (χ3n) is 10.2. The van der Waals surface area contributed by atoms with Gasteiger partial charge in [-0.05, 0) is 61.3 Å². The molecule has 6 unspecified atom stereocenters. The predicted molar refractivity (Wildman–Crippen MR) is 169 cm³/mol. The van der Waals surface area contributed by atoms with Gasteiger partial charge in [0.05, 0.1) is 11.8 Å². The van der Waals surface area contributed by atoms with Crippen LogP contribution in [-0.2, 0) is 17.8 Å². The Labute approximate surface area is 254 Å². The third-order valence-corrected chi connectivity index (χ3v) is 11.2. The maximum absolute atomic E-state index is 13.2. The van der Waals surface area contributed by atoms with Crippen LogP contribution in [0.3, 0.4) is 0 Å². The van der Waals surface area contributed by atoms with Crippen LogP contribution < -0.4 is 5.32 Å². The molecule has 2 heterocycles. The van der Waals surface area contributed by atoms with Gasteiger partial charge in [0, 0.05) is 68.6 Å². The minimum Gasteiger partial charge on any atom is -0.392 e. The number of anilines is 1. The quantitative estimate of drug-likeness (QED) is 0.439. The first kappa shape index (κ1) is 30.9. The van der Waals surface area contributed by atoms with E-state index in [0.29, 0.717) is 17.2 Å². The van der Waals surface area contributed by atoms with Gasteiger partial charge in [-0.2, -0.15) is 0 Å². The molecule has 9 heteroatoms. The molecule has 0 spiro atoms. The van der Waals surface area contributed by atoms with Gasteiger partial charge in [0.15, 0.2) is 5.13 Å². The summed E-state index contributed by atoms with van der Waals surface area (Å²) in [6, 6.07) is 7.90. The standard InChI is InChI=1S/C33H47N5O3S/c1-7-14-37(6)31(41)21(2)25-12-13-33(4)19-26-28(22(3)27(33)29(25)39)34-32(42-26)35-30(40)24-10-8-23(9-11-24)20-38-17-15-36(5)16-18-38/h7-11,21-22,25,27,29,39H,1,12-20H2,2-6H3,(H,34,35,40). The summed E-state index contributed by atoms with van der Waals surface area (Å²) in [6.07, 6.45) is 3.73. The number of aromatic nitrogens is 1. The fourth-order valence-electron chi connectivity index (χ4n) is 7.61. The number of aliphatic hydroxyl groups excluding tert-OH is 1. The van der Waals surface area contributed by atoms with E-state index in [1.165, 1.54) is 10.4 Å². The van der Waals surface area contributed by atoms with Gasteiger partial charge in [-0.15, -0.1) is 17.9 Å². The maximum atomic E-state index is 13.2. The maximum Gasteiger partial charge on any atom is 0.257 e. The molecule has 6 atom stereocenters. The molecule has 228 valence electrons. The molecule has 42 heavy (non-hydrogen) atoms. The largest absolute Gasteiger partial charge is 0.392 e. The zero-order valence-electron chi connectivity index (χ0n) is 25.8. The zero-order chi connectivity index (χ0) is 30.2. The lowest BCUT2D eigenvalue weighted by Crippen LogP contribution is -2.53. The summed E-state index contributed by atoms with van der Waals surface area (Å²) in [6.45, 7) is 15.8. The highest BCUT2D eigenvalue weighted by Gasteiger charge is 2.54. The highest BCUT2D eigenvalue weighted by Crippen LogP contribution is 2.57. The summed E-state index contributed by atoms with van der Waals surface area (Å²) in [5.74, 6) is -0.426. The Bertz CT molecular complexity index is 1290. The Balaban J connectivity index is 1.25. The van der Waals surface area contributed by atoms with Gasteiger partial charge in [-0.3, -0.25) is 19.8 Å². The second-order valence-corrected chi connectivity index (χ2v) is 14.3. The van der Waals surface area contributed by atoms with Gasteiger partial charge >= 0.3 is 0 Å². The Morgan fingerprint density at radius 2 is 1.95 bits per heavy atom. The number of hydrogen-bond acceptors (Lipinski definition) is 7. The Kier molecular flexibility index (Phi) is 9.23. The van der Waals surface area contributed by atoms with Gasteiger partial charge in [-0.25, -0.2) is 4.98 Å². The monoisotopic (exact) mass is 593 g/mol. The predicted octanol–water partition coefficient (Wildman–Crippen LogP) is 4.48. The van der Waals surface area contributed by atoms with Crippen LogP contribution >= 0.6 is 11.3 Å². The highest BCUT2D eigenvalue weighted by molar-refractivity contribution is 7.15. The number of likely N-dealkylation sites (N-methyl/N-ethyl adjacent to an activating group) is 2. The van der Waals surface area contributed by atoms with E-state index >= 15 is 0 Å². The first-order valence-electron chi connectivity index (χ1n) is 15.4. The molecule has 2 N–H and O–H groups in total. The molecule has 2 amide bonds. The van der Waals surface area contributed by atoms with E-state index < -0.39 is 6.10 Å². The summed E-state index contributed by atoms with van der Waals surface area (Å²) in [5, 5.41) is 15.4. The molecule has 8 nitrogen and oxygen atoms in total. The average Bonchev–Trinajstić information content (AvgIpc) is 3.35. The van der Waals surface area contributed by atoms with Crippen LogP contribution in [0.1, 0.15) is 66.0 Å². The molecule has 0 bridgehead atoms. The van der Waals surface area contributed by atoms with Crippen LogP contribution in [0.25, 0.3) is 0 Å². The Hall–Kier alpha value is -2.59. The molecule has 1 saturated heterocycles. The van der Waals surface area contributed by atoms with Crippen LogP contribution in [0.15, 0.2) is 36.9 Å². The van der Waals surface area contributed by atoms with Crippen molar-refractivity contribution in [3.63, 3.8) is 0 Å². The minimum absolute atomic E-state index is 0.00205. The van der Waals surface area contributed by atoms with Gasteiger partial charge in [-0.1, -0.05) is 39.0 Å². The van der Waals surface area contributed by atoms with Crippen molar-refractivity contribution in [1.82, 2.24) is 19.7 Å². The van der Waals surface area contributed by atoms with Gasteiger partial charge in [0.1, 0.15) is 0 Å². The molecular formula is C33H47N5O3S. The lowest BCUT2D eigenvalue weighted by molar-refractivity contribution is -0.143. The van der Waals surface area contributed by atoms with Crippen LogP contribution in [0.2, 0.25) is 0 Å². The summed E-state index contributed by atoms with van der Waals surface area (Å²) in [5.41, 5.74) is 2.73. The number of benzene rings is 1. The van der Waals surface area contributed by atoms with Crippen LogP contribution in [0.5, 0.6) is 0 Å². The number of amides is 2. The molecule has 2 aliphatic carbocycles. The Morgan fingerprint density at radius 3 is 2.62 bits per heavy atom. The summed E-state index contributed by atoms with van der Waals surface area (Å²) < 4.78 is 0. The summed E-state index contributed by atoms with van der Waals surface area (Å²) in [7, 11) is 3.95. The fraction of sp³-hybridized carbons (Fsp3) is 0.606. The van der Waals surface area contributed by atoms with Crippen molar-refractivity contribution in [1.29, 1.82) is 0 Å². The van der Waals surface area contributed by atoms with Crippen LogP contribution in [0.4, 0.5) is 5.13 Å². The first-order chi connectivity index (χ1) is 20.0. The number of piperazine rings is 1. The lowest BCUT2D eigenvalue weighted by Gasteiger charge is -2.53. The molecule has 1 aromatic heterocycles. The zero-order valence-corrected chi connectivity index (χ0v) is 26.6. The lowest BCUT2D eigenvalue weighted by atomic mass is 9.53. The molecule has 0 radical (unpaired) electrons. The van der Waals surface area contributed by atoms with Gasteiger partial charge in [0.25, 0.3) is 5.91 Å². The number of rotatable bonds is 8.